The molecule has 1 aliphatic heterocycles. The van der Waals surface area contributed by atoms with Crippen molar-refractivity contribution in [3.63, 3.8) is 0 Å². The number of hydrogen-bond donors (Lipinski definition) is 0. The molecule has 0 nitrogen and oxygen atoms in total. The van der Waals surface area contributed by atoms with Gasteiger partial charge in [0.15, 0.2) is 0 Å². The smallest absolute Gasteiger partial charge is 0.0368 e. The van der Waals surface area contributed by atoms with Crippen molar-refractivity contribution < 1.29 is 0 Å². The second kappa shape index (κ2) is 6.20. The summed E-state index contributed by atoms with van der Waals surface area (Å²) in [4.78, 5) is 0.868. The predicted octanol–water partition coefficient (Wildman–Crippen LogP) is 3.96. The summed E-state index contributed by atoms with van der Waals surface area (Å²) in [6.45, 7) is 2.30. The van der Waals surface area contributed by atoms with Gasteiger partial charge in [0.2, 0.25) is 0 Å². The fourth-order valence-corrected chi connectivity index (χ4v) is 7.08. The first-order valence-corrected chi connectivity index (χ1v) is 8.83. The molecule has 0 N–H and O–H groups in total. The lowest BCUT2D eigenvalue weighted by atomic mass is 10.3. The van der Waals surface area contributed by atoms with Crippen LogP contribution in [0.1, 0.15) is 39.0 Å². The van der Waals surface area contributed by atoms with Crippen molar-refractivity contribution in [1.29, 1.82) is 0 Å². The Morgan fingerprint density at radius 1 is 1.25 bits per heavy atom. The first kappa shape index (κ1) is 10.8. The van der Waals surface area contributed by atoms with E-state index in [0.717, 1.165) is 4.83 Å². The van der Waals surface area contributed by atoms with Gasteiger partial charge in [-0.05, 0) is 12.8 Å². The molecule has 0 amide bonds. The summed E-state index contributed by atoms with van der Waals surface area (Å²) in [6, 6.07) is 4.85. The van der Waals surface area contributed by atoms with E-state index in [9.17, 15) is 0 Å². The number of rotatable bonds is 4. The lowest BCUT2D eigenvalue weighted by Crippen LogP contribution is -2.20. The van der Waals surface area contributed by atoms with Gasteiger partial charge in [0.25, 0.3) is 0 Å². The molecule has 0 atom stereocenters. The molecule has 1 fully saturated rings. The van der Waals surface area contributed by atoms with Crippen LogP contribution in [0.2, 0.25) is 18.1 Å². The minimum atomic E-state index is -0.226. The van der Waals surface area contributed by atoms with Gasteiger partial charge in [-0.15, -0.1) is 0 Å². The summed E-state index contributed by atoms with van der Waals surface area (Å²) in [5, 5.41) is 0. The monoisotopic (exact) mass is 248 g/mol. The van der Waals surface area contributed by atoms with Gasteiger partial charge in [-0.1, -0.05) is 60.2 Å². The second-order valence-corrected chi connectivity index (χ2v) is 8.87. The standard InChI is InChI=1S/C10H21BrSi/c1-2-3-4-7-12-8-5-10(11)6-9-12/h10,12H,2-9H2,1H3. The quantitative estimate of drug-likeness (QED) is 0.402. The Bertz CT molecular complexity index is 108. The number of alkyl halides is 1. The lowest BCUT2D eigenvalue weighted by Gasteiger charge is -2.23. The minimum Gasteiger partial charge on any atom is -0.0891 e. The van der Waals surface area contributed by atoms with Crippen molar-refractivity contribution in [2.45, 2.75) is 62.0 Å². The zero-order valence-corrected chi connectivity index (χ0v) is 10.9. The van der Waals surface area contributed by atoms with Gasteiger partial charge in [0, 0.05) is 13.6 Å². The molecular weight excluding hydrogens is 228 g/mol. The van der Waals surface area contributed by atoms with Crippen LogP contribution in [0.15, 0.2) is 0 Å². The van der Waals surface area contributed by atoms with E-state index in [1.807, 2.05) is 0 Å². The Morgan fingerprint density at radius 2 is 1.92 bits per heavy atom. The predicted molar refractivity (Wildman–Crippen MR) is 63.0 cm³/mol. The van der Waals surface area contributed by atoms with Crippen LogP contribution in [0.4, 0.5) is 0 Å². The molecule has 1 heterocycles. The number of halogens is 1. The maximum absolute atomic E-state index is 3.72. The highest BCUT2D eigenvalue weighted by Gasteiger charge is 2.19. The highest BCUT2D eigenvalue weighted by atomic mass is 79.9. The van der Waals surface area contributed by atoms with Crippen molar-refractivity contribution in [3.8, 4) is 0 Å². The van der Waals surface area contributed by atoms with Crippen molar-refractivity contribution in [3.05, 3.63) is 0 Å². The second-order valence-electron chi connectivity index (χ2n) is 4.11. The molecule has 1 aliphatic rings. The van der Waals surface area contributed by atoms with E-state index in [0.29, 0.717) is 0 Å². The highest BCUT2D eigenvalue weighted by Crippen LogP contribution is 2.27. The van der Waals surface area contributed by atoms with Crippen molar-refractivity contribution in [2.75, 3.05) is 0 Å². The molecule has 12 heavy (non-hydrogen) atoms. The van der Waals surface area contributed by atoms with Gasteiger partial charge in [-0.2, -0.15) is 0 Å². The largest absolute Gasteiger partial charge is 0.0891 e. The highest BCUT2D eigenvalue weighted by molar-refractivity contribution is 9.09. The molecule has 0 radical (unpaired) electrons. The van der Waals surface area contributed by atoms with Gasteiger partial charge in [0.1, 0.15) is 0 Å². The molecule has 0 saturated carbocycles. The van der Waals surface area contributed by atoms with E-state index in [2.05, 4.69) is 22.9 Å². The number of hydrogen-bond acceptors (Lipinski definition) is 0. The van der Waals surface area contributed by atoms with Gasteiger partial charge in [0.05, 0.1) is 0 Å². The minimum absolute atomic E-state index is 0.226. The molecule has 72 valence electrons. The van der Waals surface area contributed by atoms with Gasteiger partial charge < -0.3 is 0 Å². The van der Waals surface area contributed by atoms with Crippen molar-refractivity contribution in [1.82, 2.24) is 0 Å². The zero-order valence-electron chi connectivity index (χ0n) is 8.19. The molecule has 0 aromatic heterocycles. The molecule has 0 spiro atoms. The van der Waals surface area contributed by atoms with Gasteiger partial charge in [-0.25, -0.2) is 0 Å². The molecule has 1 saturated heterocycles. The van der Waals surface area contributed by atoms with E-state index < -0.39 is 0 Å². The van der Waals surface area contributed by atoms with E-state index >= 15 is 0 Å². The third kappa shape index (κ3) is 4.08. The molecule has 1 rings (SSSR count). The van der Waals surface area contributed by atoms with Crippen LogP contribution in [0.3, 0.4) is 0 Å². The Hall–Kier alpha value is 0.697. The molecule has 0 unspecified atom stereocenters. The van der Waals surface area contributed by atoms with Gasteiger partial charge in [-0.3, -0.25) is 0 Å². The van der Waals surface area contributed by atoms with Crippen LogP contribution in [0, 0.1) is 0 Å². The van der Waals surface area contributed by atoms with Crippen LogP contribution in [0.25, 0.3) is 0 Å². The van der Waals surface area contributed by atoms with Crippen LogP contribution in [0.5, 0.6) is 0 Å². The Morgan fingerprint density at radius 3 is 2.50 bits per heavy atom. The Labute approximate surface area is 86.9 Å². The first-order chi connectivity index (χ1) is 5.83. The SMILES string of the molecule is CCCCC[SiH]1CCC(Br)CC1. The van der Waals surface area contributed by atoms with Crippen LogP contribution in [-0.4, -0.2) is 13.6 Å². The van der Waals surface area contributed by atoms with Crippen molar-refractivity contribution in [2.24, 2.45) is 0 Å². The summed E-state index contributed by atoms with van der Waals surface area (Å²) in [7, 11) is -0.226. The maximum Gasteiger partial charge on any atom is 0.0368 e. The zero-order chi connectivity index (χ0) is 8.81. The van der Waals surface area contributed by atoms with E-state index in [1.54, 1.807) is 18.1 Å². The summed E-state index contributed by atoms with van der Waals surface area (Å²) in [5.41, 5.74) is 0. The Balaban J connectivity index is 2.01. The topological polar surface area (TPSA) is 0 Å². The fraction of sp³-hybridized carbons (Fsp3) is 1.00. The Kier molecular flexibility index (Phi) is 5.56. The summed E-state index contributed by atoms with van der Waals surface area (Å²) < 4.78 is 0. The summed E-state index contributed by atoms with van der Waals surface area (Å²) in [5.74, 6) is 0. The summed E-state index contributed by atoms with van der Waals surface area (Å²) in [6.07, 6.45) is 7.34. The third-order valence-corrected chi connectivity index (χ3v) is 7.43. The third-order valence-electron chi connectivity index (χ3n) is 2.99. The molecule has 0 bridgehead atoms. The van der Waals surface area contributed by atoms with Crippen LogP contribution in [-0.2, 0) is 0 Å². The van der Waals surface area contributed by atoms with Crippen LogP contribution < -0.4 is 0 Å². The van der Waals surface area contributed by atoms with E-state index in [4.69, 9.17) is 0 Å². The van der Waals surface area contributed by atoms with Crippen LogP contribution >= 0.6 is 15.9 Å². The average Bonchev–Trinajstić information content (AvgIpc) is 2.09. The molecule has 0 aromatic carbocycles. The lowest BCUT2D eigenvalue weighted by molar-refractivity contribution is 0.723. The molecule has 0 aromatic rings. The normalized spacial score (nSPS) is 30.5. The van der Waals surface area contributed by atoms with Gasteiger partial charge >= 0.3 is 0 Å². The fourth-order valence-electron chi connectivity index (χ4n) is 2.09. The molecule has 0 aliphatic carbocycles. The summed E-state index contributed by atoms with van der Waals surface area (Å²) >= 11 is 3.72. The maximum atomic E-state index is 3.72. The average molecular weight is 249 g/mol. The van der Waals surface area contributed by atoms with E-state index in [-0.39, 0.29) is 8.80 Å². The molecular formula is C10H21BrSi. The number of unbranched alkanes of at least 4 members (excludes halogenated alkanes) is 2. The van der Waals surface area contributed by atoms with Crippen molar-refractivity contribution >= 4 is 24.7 Å². The molecule has 2 heteroatoms. The van der Waals surface area contributed by atoms with E-state index in [1.165, 1.54) is 32.1 Å². The first-order valence-electron chi connectivity index (χ1n) is 5.47.